The first-order valence-electron chi connectivity index (χ1n) is 9.74. The molecule has 0 unspecified atom stereocenters. The Kier molecular flexibility index (Phi) is 4.92. The second-order valence-electron chi connectivity index (χ2n) is 7.43. The Labute approximate surface area is 168 Å². The third-order valence-electron chi connectivity index (χ3n) is 5.58. The van der Waals surface area contributed by atoms with E-state index < -0.39 is 6.04 Å². The molecule has 2 N–H and O–H groups in total. The minimum atomic E-state index is -0.391. The number of hydrogen-bond acceptors (Lipinski definition) is 3. The zero-order chi connectivity index (χ0) is 20.5. The maximum absolute atomic E-state index is 12.9. The zero-order valence-corrected chi connectivity index (χ0v) is 16.5. The maximum atomic E-state index is 12.9. The van der Waals surface area contributed by atoms with E-state index in [1.807, 2.05) is 37.3 Å². The quantitative estimate of drug-likeness (QED) is 0.723. The second kappa shape index (κ2) is 7.54. The fraction of sp³-hybridized carbons (Fsp3) is 0.261. The van der Waals surface area contributed by atoms with Crippen LogP contribution in [0.2, 0.25) is 0 Å². The lowest BCUT2D eigenvalue weighted by molar-refractivity contribution is -0.124. The summed E-state index contributed by atoms with van der Waals surface area (Å²) in [5.41, 5.74) is 4.19. The Bertz CT molecular complexity index is 1150. The molecule has 0 saturated carbocycles. The van der Waals surface area contributed by atoms with Gasteiger partial charge in [0.05, 0.1) is 0 Å². The molecule has 148 valence electrons. The summed E-state index contributed by atoms with van der Waals surface area (Å²) in [6, 6.07) is 14.5. The molecule has 1 aliphatic rings. The van der Waals surface area contributed by atoms with Crippen LogP contribution in [0.1, 0.15) is 28.8 Å². The Morgan fingerprint density at radius 3 is 2.52 bits per heavy atom. The number of aromatic amines is 1. The molecule has 2 aromatic carbocycles. The summed E-state index contributed by atoms with van der Waals surface area (Å²) in [7, 11) is 1.60. The maximum Gasteiger partial charge on any atom is 0.254 e. The van der Waals surface area contributed by atoms with Crippen LogP contribution < -0.4 is 10.9 Å². The highest BCUT2D eigenvalue weighted by Crippen LogP contribution is 2.26. The molecule has 6 heteroatoms. The normalized spacial score (nSPS) is 16.2. The number of amides is 2. The predicted octanol–water partition coefficient (Wildman–Crippen LogP) is 2.85. The standard InChI is InChI=1S/C23H23N3O3/c1-14-12-21(27)25-19-10-9-17(13-18(14)19)15-5-7-16(8-6-15)23(29)26-11-3-4-20(26)22(28)24-2/h5-10,12-13,20H,3-4,11H2,1-2H3,(H,24,28)(H,25,27)/t20-/m1/s1. The molecule has 0 bridgehead atoms. The van der Waals surface area contributed by atoms with Crippen molar-refractivity contribution in [1.29, 1.82) is 0 Å². The molecule has 0 aliphatic carbocycles. The molecule has 1 fully saturated rings. The first kappa shape index (κ1) is 18.9. The van der Waals surface area contributed by atoms with Gasteiger partial charge >= 0.3 is 0 Å². The SMILES string of the molecule is CNC(=O)[C@H]1CCCN1C(=O)c1ccc(-c2ccc3[nH]c(=O)cc(C)c3c2)cc1. The van der Waals surface area contributed by atoms with Gasteiger partial charge in [0.1, 0.15) is 6.04 Å². The van der Waals surface area contributed by atoms with Crippen molar-refractivity contribution in [2.45, 2.75) is 25.8 Å². The Morgan fingerprint density at radius 1 is 1.07 bits per heavy atom. The highest BCUT2D eigenvalue weighted by molar-refractivity contribution is 5.98. The number of nitrogens with zero attached hydrogens (tertiary/aromatic N) is 1. The van der Waals surface area contributed by atoms with E-state index >= 15 is 0 Å². The van der Waals surface area contributed by atoms with Gasteiger partial charge in [-0.15, -0.1) is 0 Å². The first-order valence-corrected chi connectivity index (χ1v) is 9.74. The van der Waals surface area contributed by atoms with E-state index in [0.717, 1.165) is 34.0 Å². The predicted molar refractivity (Wildman–Crippen MR) is 113 cm³/mol. The minimum absolute atomic E-state index is 0.109. The molecule has 2 heterocycles. The van der Waals surface area contributed by atoms with Crippen LogP contribution in [-0.4, -0.2) is 41.3 Å². The third kappa shape index (κ3) is 3.53. The van der Waals surface area contributed by atoms with Crippen LogP contribution in [-0.2, 0) is 4.79 Å². The van der Waals surface area contributed by atoms with Crippen molar-refractivity contribution < 1.29 is 9.59 Å². The fourth-order valence-corrected chi connectivity index (χ4v) is 4.02. The van der Waals surface area contributed by atoms with Gasteiger partial charge in [0, 0.05) is 36.1 Å². The van der Waals surface area contributed by atoms with E-state index in [1.54, 1.807) is 30.1 Å². The van der Waals surface area contributed by atoms with Crippen LogP contribution in [0.25, 0.3) is 22.0 Å². The van der Waals surface area contributed by atoms with E-state index in [-0.39, 0.29) is 17.4 Å². The van der Waals surface area contributed by atoms with E-state index in [4.69, 9.17) is 0 Å². The number of rotatable bonds is 3. The number of fused-ring (bicyclic) bond motifs is 1. The smallest absolute Gasteiger partial charge is 0.254 e. The summed E-state index contributed by atoms with van der Waals surface area (Å²) < 4.78 is 0. The Hall–Kier alpha value is -3.41. The van der Waals surface area contributed by atoms with Crippen LogP contribution in [0, 0.1) is 6.92 Å². The summed E-state index contributed by atoms with van der Waals surface area (Å²) in [5, 5.41) is 3.63. The van der Waals surface area contributed by atoms with Crippen molar-refractivity contribution in [3.05, 3.63) is 70.0 Å². The Morgan fingerprint density at radius 2 is 1.79 bits per heavy atom. The minimum Gasteiger partial charge on any atom is -0.357 e. The molecular formula is C23H23N3O3. The second-order valence-corrected chi connectivity index (χ2v) is 7.43. The summed E-state index contributed by atoms with van der Waals surface area (Å²) in [4.78, 5) is 41.1. The summed E-state index contributed by atoms with van der Waals surface area (Å²) in [5.74, 6) is -0.230. The number of benzene rings is 2. The van der Waals surface area contributed by atoms with Gasteiger partial charge in [-0.2, -0.15) is 0 Å². The number of carbonyl (C=O) groups excluding carboxylic acids is 2. The monoisotopic (exact) mass is 389 g/mol. The van der Waals surface area contributed by atoms with Gasteiger partial charge in [0.15, 0.2) is 0 Å². The summed E-state index contributed by atoms with van der Waals surface area (Å²) in [6.07, 6.45) is 1.53. The summed E-state index contributed by atoms with van der Waals surface area (Å²) in [6.45, 7) is 2.52. The van der Waals surface area contributed by atoms with Gasteiger partial charge in [0.25, 0.3) is 5.91 Å². The van der Waals surface area contributed by atoms with Crippen LogP contribution in [0.3, 0.4) is 0 Å². The molecule has 1 aliphatic heterocycles. The van der Waals surface area contributed by atoms with Gasteiger partial charge in [-0.05, 0) is 60.7 Å². The molecule has 0 spiro atoms. The largest absolute Gasteiger partial charge is 0.357 e. The number of carbonyl (C=O) groups is 2. The molecule has 0 radical (unpaired) electrons. The molecule has 1 aromatic heterocycles. The fourth-order valence-electron chi connectivity index (χ4n) is 4.02. The van der Waals surface area contributed by atoms with Crippen molar-refractivity contribution in [3.8, 4) is 11.1 Å². The number of pyridine rings is 1. The number of nitrogens with one attached hydrogen (secondary N) is 2. The van der Waals surface area contributed by atoms with Crippen LogP contribution >= 0.6 is 0 Å². The van der Waals surface area contributed by atoms with Crippen molar-refractivity contribution in [3.63, 3.8) is 0 Å². The van der Waals surface area contributed by atoms with Gasteiger partial charge in [0.2, 0.25) is 11.5 Å². The zero-order valence-electron chi connectivity index (χ0n) is 16.5. The molecule has 1 atom stereocenters. The van der Waals surface area contributed by atoms with Gasteiger partial charge in [-0.3, -0.25) is 14.4 Å². The van der Waals surface area contributed by atoms with Crippen molar-refractivity contribution in [2.75, 3.05) is 13.6 Å². The topological polar surface area (TPSA) is 82.3 Å². The van der Waals surface area contributed by atoms with Crippen molar-refractivity contribution in [2.24, 2.45) is 0 Å². The van der Waals surface area contributed by atoms with Crippen LogP contribution in [0.4, 0.5) is 0 Å². The lowest BCUT2D eigenvalue weighted by Crippen LogP contribution is -2.44. The van der Waals surface area contributed by atoms with Gasteiger partial charge in [-0.25, -0.2) is 0 Å². The lowest BCUT2D eigenvalue weighted by Gasteiger charge is -2.23. The Balaban J connectivity index is 1.61. The molecule has 2 amide bonds. The average molecular weight is 389 g/mol. The van der Waals surface area contributed by atoms with Crippen molar-refractivity contribution in [1.82, 2.24) is 15.2 Å². The number of hydrogen-bond donors (Lipinski definition) is 2. The highest BCUT2D eigenvalue weighted by atomic mass is 16.2. The highest BCUT2D eigenvalue weighted by Gasteiger charge is 2.33. The van der Waals surface area contributed by atoms with E-state index in [9.17, 15) is 14.4 Å². The van der Waals surface area contributed by atoms with Crippen molar-refractivity contribution >= 4 is 22.7 Å². The number of likely N-dealkylation sites (N-methyl/N-ethyl adjacent to an activating group) is 1. The molecule has 3 aromatic rings. The molecule has 29 heavy (non-hydrogen) atoms. The van der Waals surface area contributed by atoms with E-state index in [2.05, 4.69) is 10.3 Å². The average Bonchev–Trinajstić information content (AvgIpc) is 3.22. The van der Waals surface area contributed by atoms with Crippen LogP contribution in [0.15, 0.2) is 53.3 Å². The first-order chi connectivity index (χ1) is 14.0. The molecular weight excluding hydrogens is 366 g/mol. The summed E-state index contributed by atoms with van der Waals surface area (Å²) >= 11 is 0. The molecule has 4 rings (SSSR count). The van der Waals surface area contributed by atoms with Gasteiger partial charge in [-0.1, -0.05) is 18.2 Å². The van der Waals surface area contributed by atoms with E-state index in [1.165, 1.54) is 0 Å². The number of aromatic nitrogens is 1. The number of H-pyrrole nitrogens is 1. The number of aryl methyl sites for hydroxylation is 1. The van der Waals surface area contributed by atoms with Gasteiger partial charge < -0.3 is 15.2 Å². The van der Waals surface area contributed by atoms with E-state index in [0.29, 0.717) is 18.5 Å². The third-order valence-corrected chi connectivity index (χ3v) is 5.58. The molecule has 6 nitrogen and oxygen atoms in total. The lowest BCUT2D eigenvalue weighted by atomic mass is 10.00. The van der Waals surface area contributed by atoms with Crippen LogP contribution in [0.5, 0.6) is 0 Å². The number of likely N-dealkylation sites (tertiary alicyclic amines) is 1. The molecule has 1 saturated heterocycles.